The van der Waals surface area contributed by atoms with E-state index in [2.05, 4.69) is 27.5 Å². The van der Waals surface area contributed by atoms with Crippen molar-refractivity contribution in [3.8, 4) is 17.1 Å². The quantitative estimate of drug-likeness (QED) is 0.775. The zero-order valence-corrected chi connectivity index (χ0v) is 14.2. The maximum absolute atomic E-state index is 13.3. The highest BCUT2D eigenvalue weighted by molar-refractivity contribution is 9.10. The fourth-order valence-electron chi connectivity index (χ4n) is 2.95. The van der Waals surface area contributed by atoms with E-state index in [1.54, 1.807) is 6.20 Å². The van der Waals surface area contributed by atoms with Crippen molar-refractivity contribution in [2.75, 3.05) is 18.1 Å². The van der Waals surface area contributed by atoms with Crippen molar-refractivity contribution in [3.63, 3.8) is 0 Å². The molecule has 0 spiro atoms. The highest BCUT2D eigenvalue weighted by Crippen LogP contribution is 2.37. The number of rotatable bonds is 2. The molecular weight excluding hydrogens is 384 g/mol. The minimum absolute atomic E-state index is 0.0919. The van der Waals surface area contributed by atoms with E-state index in [0.717, 1.165) is 10.0 Å². The molecule has 0 N–H and O–H groups in total. The first-order valence-electron chi connectivity index (χ1n) is 7.43. The van der Waals surface area contributed by atoms with Crippen molar-refractivity contribution in [2.24, 2.45) is 0 Å². The third-order valence-electron chi connectivity index (χ3n) is 4.10. The second-order valence-corrected chi connectivity index (χ2v) is 6.50. The SMILES string of the molecule is C=C1OC[C@@H](C(F)F)N1c1cn2c(n1)-c1ccc(Br)cc1OCC2. The van der Waals surface area contributed by atoms with E-state index < -0.39 is 12.5 Å². The minimum Gasteiger partial charge on any atom is -0.491 e. The molecule has 3 heterocycles. The van der Waals surface area contributed by atoms with Crippen LogP contribution in [0.4, 0.5) is 14.6 Å². The van der Waals surface area contributed by atoms with Crippen LogP contribution in [0, 0.1) is 0 Å². The van der Waals surface area contributed by atoms with Gasteiger partial charge in [0.25, 0.3) is 6.43 Å². The first-order chi connectivity index (χ1) is 11.5. The molecule has 126 valence electrons. The zero-order valence-electron chi connectivity index (χ0n) is 12.6. The summed E-state index contributed by atoms with van der Waals surface area (Å²) in [6.45, 7) is 4.68. The predicted molar refractivity (Wildman–Crippen MR) is 88.2 cm³/mol. The van der Waals surface area contributed by atoms with Crippen molar-refractivity contribution in [2.45, 2.75) is 19.0 Å². The molecule has 8 heteroatoms. The van der Waals surface area contributed by atoms with E-state index in [1.807, 2.05) is 22.8 Å². The largest absolute Gasteiger partial charge is 0.491 e. The van der Waals surface area contributed by atoms with Gasteiger partial charge in [-0.25, -0.2) is 13.8 Å². The summed E-state index contributed by atoms with van der Waals surface area (Å²) in [4.78, 5) is 5.93. The van der Waals surface area contributed by atoms with Crippen molar-refractivity contribution in [1.29, 1.82) is 0 Å². The van der Waals surface area contributed by atoms with E-state index >= 15 is 0 Å². The molecule has 2 aromatic rings. The van der Waals surface area contributed by atoms with E-state index in [0.29, 0.717) is 30.5 Å². The summed E-state index contributed by atoms with van der Waals surface area (Å²) in [5.74, 6) is 1.99. The number of halogens is 3. The third kappa shape index (κ3) is 2.45. The van der Waals surface area contributed by atoms with Gasteiger partial charge in [-0.3, -0.25) is 4.90 Å². The van der Waals surface area contributed by atoms with Crippen LogP contribution in [0.5, 0.6) is 5.75 Å². The van der Waals surface area contributed by atoms with Crippen LogP contribution >= 0.6 is 15.9 Å². The first-order valence-corrected chi connectivity index (χ1v) is 8.23. The molecule has 1 atom stereocenters. The second-order valence-electron chi connectivity index (χ2n) is 5.58. The van der Waals surface area contributed by atoms with Crippen LogP contribution in [0.15, 0.2) is 41.3 Å². The molecule has 0 amide bonds. The summed E-state index contributed by atoms with van der Waals surface area (Å²) in [7, 11) is 0. The Labute approximate surface area is 145 Å². The lowest BCUT2D eigenvalue weighted by atomic mass is 10.2. The normalized spacial score (nSPS) is 19.6. The van der Waals surface area contributed by atoms with Gasteiger partial charge in [0.05, 0.1) is 12.1 Å². The lowest BCUT2D eigenvalue weighted by Crippen LogP contribution is -2.36. The Balaban J connectivity index is 1.79. The van der Waals surface area contributed by atoms with Gasteiger partial charge in [-0.1, -0.05) is 15.9 Å². The molecule has 1 aromatic heterocycles. The molecule has 1 saturated heterocycles. The Morgan fingerprint density at radius 2 is 2.17 bits per heavy atom. The van der Waals surface area contributed by atoms with Gasteiger partial charge in [0.1, 0.15) is 30.8 Å². The molecule has 2 aliphatic heterocycles. The second kappa shape index (κ2) is 5.77. The molecule has 0 radical (unpaired) electrons. The fourth-order valence-corrected chi connectivity index (χ4v) is 3.29. The topological polar surface area (TPSA) is 39.5 Å². The summed E-state index contributed by atoms with van der Waals surface area (Å²) >= 11 is 3.42. The van der Waals surface area contributed by atoms with Crippen molar-refractivity contribution in [1.82, 2.24) is 9.55 Å². The van der Waals surface area contributed by atoms with Gasteiger partial charge in [-0.2, -0.15) is 0 Å². The van der Waals surface area contributed by atoms with Gasteiger partial charge in [-0.05, 0) is 24.8 Å². The van der Waals surface area contributed by atoms with Crippen LogP contribution in [0.2, 0.25) is 0 Å². The van der Waals surface area contributed by atoms with Crippen LogP contribution in [-0.2, 0) is 11.3 Å². The third-order valence-corrected chi connectivity index (χ3v) is 4.59. The first kappa shape index (κ1) is 15.4. The molecular formula is C16H14BrF2N3O2. The van der Waals surface area contributed by atoms with Crippen molar-refractivity contribution in [3.05, 3.63) is 41.3 Å². The van der Waals surface area contributed by atoms with Gasteiger partial charge in [-0.15, -0.1) is 0 Å². The van der Waals surface area contributed by atoms with Gasteiger partial charge >= 0.3 is 0 Å². The lowest BCUT2D eigenvalue weighted by Gasteiger charge is -2.20. The Hall–Kier alpha value is -2.09. The van der Waals surface area contributed by atoms with E-state index in [1.165, 1.54) is 4.90 Å². The molecule has 0 saturated carbocycles. The van der Waals surface area contributed by atoms with Gasteiger partial charge in [0.2, 0.25) is 0 Å². The van der Waals surface area contributed by atoms with Gasteiger partial charge < -0.3 is 14.0 Å². The Morgan fingerprint density at radius 3 is 2.96 bits per heavy atom. The minimum atomic E-state index is -2.54. The summed E-state index contributed by atoms with van der Waals surface area (Å²) in [6.07, 6.45) is -0.803. The van der Waals surface area contributed by atoms with E-state index in [9.17, 15) is 8.78 Å². The number of benzene rings is 1. The average Bonchev–Trinajstić information content (AvgIpc) is 3.07. The molecule has 5 nitrogen and oxygen atoms in total. The fraction of sp³-hybridized carbons (Fsp3) is 0.312. The number of hydrogen-bond donors (Lipinski definition) is 0. The Kier molecular flexibility index (Phi) is 3.71. The Morgan fingerprint density at radius 1 is 1.33 bits per heavy atom. The van der Waals surface area contributed by atoms with Crippen LogP contribution in [-0.4, -0.2) is 35.2 Å². The van der Waals surface area contributed by atoms with Crippen LogP contribution < -0.4 is 9.64 Å². The van der Waals surface area contributed by atoms with E-state index in [-0.39, 0.29) is 12.5 Å². The summed E-state index contributed by atoms with van der Waals surface area (Å²) < 4.78 is 40.3. The molecule has 1 fully saturated rings. The standard InChI is InChI=1S/C16H14BrF2N3O2/c1-9-22(12(8-24-9)15(18)19)14-7-21-4-5-23-13-6-10(17)2-3-11(13)16(21)20-14/h2-3,6-7,12,15H,1,4-5,8H2/t12-/m0/s1. The Bertz CT molecular complexity index is 809. The van der Waals surface area contributed by atoms with Gasteiger partial charge in [0.15, 0.2) is 11.7 Å². The molecule has 0 bridgehead atoms. The number of anilines is 1. The number of aromatic nitrogens is 2. The highest BCUT2D eigenvalue weighted by Gasteiger charge is 2.38. The molecule has 24 heavy (non-hydrogen) atoms. The summed E-state index contributed by atoms with van der Waals surface area (Å²) in [5, 5.41) is 0. The number of hydrogen-bond acceptors (Lipinski definition) is 4. The molecule has 0 unspecified atom stereocenters. The summed E-state index contributed by atoms with van der Waals surface area (Å²) in [5.41, 5.74) is 0.821. The number of imidazole rings is 1. The zero-order chi connectivity index (χ0) is 16.8. The number of alkyl halides is 2. The smallest absolute Gasteiger partial charge is 0.262 e. The maximum Gasteiger partial charge on any atom is 0.262 e. The number of nitrogens with zero attached hydrogens (tertiary/aromatic N) is 3. The highest BCUT2D eigenvalue weighted by atomic mass is 79.9. The average molecular weight is 398 g/mol. The van der Waals surface area contributed by atoms with Crippen LogP contribution in [0.3, 0.4) is 0 Å². The molecule has 1 aromatic carbocycles. The van der Waals surface area contributed by atoms with Crippen molar-refractivity contribution >= 4 is 21.7 Å². The summed E-state index contributed by atoms with van der Waals surface area (Å²) in [6, 6.07) is 4.59. The monoisotopic (exact) mass is 397 g/mol. The number of ether oxygens (including phenoxy) is 2. The van der Waals surface area contributed by atoms with Crippen molar-refractivity contribution < 1.29 is 18.3 Å². The molecule has 0 aliphatic carbocycles. The van der Waals surface area contributed by atoms with E-state index in [4.69, 9.17) is 9.47 Å². The maximum atomic E-state index is 13.3. The molecule has 4 rings (SSSR count). The molecule has 2 aliphatic rings. The lowest BCUT2D eigenvalue weighted by molar-refractivity contribution is 0.104. The number of fused-ring (bicyclic) bond motifs is 3. The van der Waals surface area contributed by atoms with Crippen LogP contribution in [0.1, 0.15) is 0 Å². The van der Waals surface area contributed by atoms with Crippen LogP contribution in [0.25, 0.3) is 11.4 Å². The predicted octanol–water partition coefficient (Wildman–Crippen LogP) is 3.65. The van der Waals surface area contributed by atoms with Gasteiger partial charge in [0, 0.05) is 10.7 Å².